The van der Waals surface area contributed by atoms with Crippen LogP contribution in [0, 0.1) is 0 Å². The second kappa shape index (κ2) is 7.62. The molecule has 6 heteroatoms. The van der Waals surface area contributed by atoms with Crippen molar-refractivity contribution in [2.45, 2.75) is 30.7 Å². The van der Waals surface area contributed by atoms with Crippen molar-refractivity contribution in [1.29, 1.82) is 0 Å². The number of rotatable bonds is 7. The number of hydrogen-bond acceptors (Lipinski definition) is 6. The Labute approximate surface area is 166 Å². The van der Waals surface area contributed by atoms with Crippen molar-refractivity contribution in [1.82, 2.24) is 0 Å². The highest BCUT2D eigenvalue weighted by molar-refractivity contribution is 5.87. The molecule has 0 fully saturated rings. The van der Waals surface area contributed by atoms with E-state index < -0.39 is 11.4 Å². The van der Waals surface area contributed by atoms with Crippen LogP contribution in [0.5, 0.6) is 11.5 Å². The number of benzene rings is 1. The average molecular weight is 388 g/mol. The van der Waals surface area contributed by atoms with Crippen LogP contribution >= 0.6 is 0 Å². The van der Waals surface area contributed by atoms with Crippen LogP contribution in [-0.2, 0) is 20.6 Å². The predicted octanol–water partition coefficient (Wildman–Crippen LogP) is 3.24. The van der Waals surface area contributed by atoms with Gasteiger partial charge >= 0.3 is 0 Å². The monoisotopic (exact) mass is 388 g/mol. The first-order valence-corrected chi connectivity index (χ1v) is 9.14. The molecule has 2 aliphatic carbocycles. The normalized spacial score (nSPS) is 22.7. The third-order valence-corrected chi connectivity index (χ3v) is 5.63. The van der Waals surface area contributed by atoms with E-state index in [4.69, 9.17) is 23.7 Å². The topological polar surface area (TPSA) is 66.4 Å². The van der Waals surface area contributed by atoms with Gasteiger partial charge in [0.05, 0.1) is 21.3 Å². The van der Waals surface area contributed by atoms with Crippen molar-refractivity contribution in [3.05, 3.63) is 53.3 Å². The van der Waals surface area contributed by atoms with Crippen LogP contribution < -0.4 is 9.47 Å². The van der Waals surface area contributed by atoms with E-state index in [9.17, 15) is 5.11 Å². The Kier molecular flexibility index (Phi) is 5.57. The molecule has 3 rings (SSSR count). The van der Waals surface area contributed by atoms with Gasteiger partial charge in [-0.25, -0.2) is 0 Å². The van der Waals surface area contributed by atoms with Crippen molar-refractivity contribution >= 4 is 5.57 Å². The summed E-state index contributed by atoms with van der Waals surface area (Å²) in [5, 5.41) is 11.6. The van der Waals surface area contributed by atoms with E-state index in [0.29, 0.717) is 17.3 Å². The van der Waals surface area contributed by atoms with Gasteiger partial charge in [-0.05, 0) is 47.8 Å². The number of fused-ring (bicyclic) bond motifs is 3. The van der Waals surface area contributed by atoms with E-state index >= 15 is 0 Å². The van der Waals surface area contributed by atoms with E-state index in [2.05, 4.69) is 6.58 Å². The fraction of sp³-hybridized carbons (Fsp3) is 0.455. The van der Waals surface area contributed by atoms with Gasteiger partial charge in [-0.2, -0.15) is 0 Å². The number of methoxy groups -OCH3 is 5. The van der Waals surface area contributed by atoms with Crippen LogP contribution in [-0.4, -0.2) is 52.0 Å². The minimum absolute atomic E-state index is 0.223. The lowest BCUT2D eigenvalue weighted by Gasteiger charge is -2.48. The maximum atomic E-state index is 11.6. The third-order valence-electron chi connectivity index (χ3n) is 5.63. The van der Waals surface area contributed by atoms with E-state index in [1.807, 2.05) is 12.1 Å². The van der Waals surface area contributed by atoms with Crippen molar-refractivity contribution in [2.24, 2.45) is 0 Å². The first-order valence-electron chi connectivity index (χ1n) is 9.14. The molecule has 1 aromatic carbocycles. The average Bonchev–Trinajstić information content (AvgIpc) is 2.71. The number of aliphatic hydroxyl groups is 1. The quantitative estimate of drug-likeness (QED) is 0.571. The maximum Gasteiger partial charge on any atom is 0.261 e. The summed E-state index contributed by atoms with van der Waals surface area (Å²) >= 11 is 0. The molecule has 0 heterocycles. The molecule has 0 bridgehead atoms. The predicted molar refractivity (Wildman–Crippen MR) is 106 cm³/mol. The lowest BCUT2D eigenvalue weighted by Crippen LogP contribution is -2.59. The summed E-state index contributed by atoms with van der Waals surface area (Å²) in [6.45, 7) is 3.79. The molecule has 2 aliphatic rings. The van der Waals surface area contributed by atoms with Crippen molar-refractivity contribution in [3.63, 3.8) is 0 Å². The van der Waals surface area contributed by atoms with Gasteiger partial charge in [0.2, 0.25) is 0 Å². The lowest BCUT2D eigenvalue weighted by atomic mass is 9.72. The molecule has 0 aromatic heterocycles. The Morgan fingerprint density at radius 2 is 1.64 bits per heavy atom. The minimum Gasteiger partial charge on any atom is -0.495 e. The zero-order valence-electron chi connectivity index (χ0n) is 17.1. The second-order valence-corrected chi connectivity index (χ2v) is 6.88. The summed E-state index contributed by atoms with van der Waals surface area (Å²) < 4.78 is 28.1. The fourth-order valence-corrected chi connectivity index (χ4v) is 4.36. The summed E-state index contributed by atoms with van der Waals surface area (Å²) in [5.74, 6) is 0.328. The summed E-state index contributed by atoms with van der Waals surface area (Å²) in [4.78, 5) is 0. The number of allylic oxidation sites excluding steroid dienone is 2. The van der Waals surface area contributed by atoms with Crippen molar-refractivity contribution in [3.8, 4) is 11.5 Å². The molecule has 1 N–H and O–H groups in total. The van der Waals surface area contributed by atoms with Crippen LogP contribution in [0.25, 0.3) is 5.57 Å². The van der Waals surface area contributed by atoms with Crippen LogP contribution in [0.1, 0.15) is 24.0 Å². The van der Waals surface area contributed by atoms with Gasteiger partial charge in [0.25, 0.3) is 5.79 Å². The molecule has 28 heavy (non-hydrogen) atoms. The maximum absolute atomic E-state index is 11.6. The summed E-state index contributed by atoms with van der Waals surface area (Å²) in [5.41, 5.74) is 2.42. The van der Waals surface area contributed by atoms with Gasteiger partial charge in [0.15, 0.2) is 17.3 Å². The Hall–Kier alpha value is -2.28. The van der Waals surface area contributed by atoms with Gasteiger partial charge in [-0.3, -0.25) is 0 Å². The molecule has 1 atom stereocenters. The van der Waals surface area contributed by atoms with Gasteiger partial charge in [0, 0.05) is 26.2 Å². The van der Waals surface area contributed by atoms with Gasteiger partial charge in [0.1, 0.15) is 5.60 Å². The fourth-order valence-electron chi connectivity index (χ4n) is 4.36. The Balaban J connectivity index is 2.30. The molecule has 152 valence electrons. The van der Waals surface area contributed by atoms with Crippen molar-refractivity contribution in [2.75, 3.05) is 35.5 Å². The molecular weight excluding hydrogens is 360 g/mol. The molecule has 0 saturated carbocycles. The Bertz CT molecular complexity index is 834. The number of ether oxygens (including phenoxy) is 5. The molecule has 1 aromatic rings. The van der Waals surface area contributed by atoms with Crippen LogP contribution in [0.15, 0.2) is 42.2 Å². The highest BCUT2D eigenvalue weighted by Crippen LogP contribution is 2.52. The van der Waals surface area contributed by atoms with E-state index in [-0.39, 0.29) is 6.42 Å². The summed E-state index contributed by atoms with van der Waals surface area (Å²) in [7, 11) is 7.79. The molecular formula is C22H28O6. The first-order chi connectivity index (χ1) is 13.4. The summed E-state index contributed by atoms with van der Waals surface area (Å²) in [6.07, 6.45) is 5.17. The molecule has 0 amide bonds. The Morgan fingerprint density at radius 1 is 1.00 bits per heavy atom. The zero-order valence-corrected chi connectivity index (χ0v) is 17.1. The van der Waals surface area contributed by atoms with Crippen molar-refractivity contribution < 1.29 is 28.8 Å². The number of aryl methyl sites for hydroxylation is 1. The third kappa shape index (κ3) is 2.75. The molecule has 0 spiro atoms. The smallest absolute Gasteiger partial charge is 0.261 e. The second-order valence-electron chi connectivity index (χ2n) is 6.88. The van der Waals surface area contributed by atoms with Gasteiger partial charge in [-0.15, -0.1) is 6.58 Å². The number of hydrogen-bond donors (Lipinski definition) is 1. The largest absolute Gasteiger partial charge is 0.495 e. The van der Waals surface area contributed by atoms with Crippen LogP contribution in [0.4, 0.5) is 0 Å². The molecule has 0 radical (unpaired) electrons. The molecule has 6 nitrogen and oxygen atoms in total. The van der Waals surface area contributed by atoms with Gasteiger partial charge < -0.3 is 28.8 Å². The Morgan fingerprint density at radius 3 is 2.18 bits per heavy atom. The van der Waals surface area contributed by atoms with Gasteiger partial charge in [-0.1, -0.05) is 6.08 Å². The van der Waals surface area contributed by atoms with E-state index in [1.165, 1.54) is 14.2 Å². The highest BCUT2D eigenvalue weighted by atomic mass is 16.7. The zero-order chi connectivity index (χ0) is 20.5. The van der Waals surface area contributed by atoms with Crippen LogP contribution in [0.3, 0.4) is 0 Å². The first kappa shape index (κ1) is 20.5. The van der Waals surface area contributed by atoms with E-state index in [0.717, 1.165) is 35.1 Å². The minimum atomic E-state index is -1.50. The molecule has 0 saturated heterocycles. The SMILES string of the molecule is C=CC[C@]1(O)C=C2C(=C(OC)C1(OC)OC)CCc1cc(OC)c(OC)cc12. The highest BCUT2D eigenvalue weighted by Gasteiger charge is 2.58. The summed E-state index contributed by atoms with van der Waals surface area (Å²) in [6, 6.07) is 3.92. The molecule has 0 aliphatic heterocycles. The standard InChI is InChI=1S/C22H28O6/c1-7-10-21(23)13-17-15(20(26-4)22(21,27-5)28-6)9-8-14-11-18(24-2)19(25-3)12-16(14)17/h7,11-13,23H,1,8-10H2,2-6H3/t21-/m0/s1. The lowest BCUT2D eigenvalue weighted by molar-refractivity contribution is -0.279. The molecule has 0 unspecified atom stereocenters. The van der Waals surface area contributed by atoms with Crippen LogP contribution in [0.2, 0.25) is 0 Å². The van der Waals surface area contributed by atoms with E-state index in [1.54, 1.807) is 33.5 Å².